The van der Waals surface area contributed by atoms with Gasteiger partial charge in [0.25, 0.3) is 0 Å². The van der Waals surface area contributed by atoms with Crippen molar-refractivity contribution in [3.63, 3.8) is 0 Å². The van der Waals surface area contributed by atoms with E-state index in [-0.39, 0.29) is 0 Å². The third-order valence-corrected chi connectivity index (χ3v) is 2.76. The molecule has 1 heterocycles. The molecule has 0 atom stereocenters. The predicted octanol–water partition coefficient (Wildman–Crippen LogP) is 2.50. The van der Waals surface area contributed by atoms with Gasteiger partial charge in [0, 0.05) is 18.1 Å². The molecule has 0 aliphatic heterocycles. The number of rotatable bonds is 2. The standard InChI is InChI=1S/C10H11N3S.C2H6/c11-7-8-3-1-2-4-9(8)13-5-6-14-10(13)12;1-2/h1-6,12H,7,11H2;1-2H3. The summed E-state index contributed by atoms with van der Waals surface area (Å²) in [4.78, 5) is 0.519. The Morgan fingerprint density at radius 2 is 2.00 bits per heavy atom. The molecule has 86 valence electrons. The van der Waals surface area contributed by atoms with E-state index >= 15 is 0 Å². The Hall–Kier alpha value is -1.39. The van der Waals surface area contributed by atoms with E-state index < -0.39 is 0 Å². The van der Waals surface area contributed by atoms with Gasteiger partial charge in [-0.3, -0.25) is 9.98 Å². The molecule has 3 N–H and O–H groups in total. The Bertz CT molecular complexity index is 485. The predicted molar refractivity (Wildman–Crippen MR) is 68.7 cm³/mol. The number of nitrogens with one attached hydrogen (secondary N) is 1. The molecule has 2 aromatic rings. The lowest BCUT2D eigenvalue weighted by Crippen LogP contribution is -2.13. The van der Waals surface area contributed by atoms with Crippen LogP contribution in [-0.4, -0.2) is 4.57 Å². The molecule has 0 radical (unpaired) electrons. The smallest absolute Gasteiger partial charge is 0.186 e. The summed E-state index contributed by atoms with van der Waals surface area (Å²) < 4.78 is 1.84. The quantitative estimate of drug-likeness (QED) is 0.825. The van der Waals surface area contributed by atoms with Gasteiger partial charge >= 0.3 is 0 Å². The zero-order valence-corrected chi connectivity index (χ0v) is 10.4. The van der Waals surface area contributed by atoms with Crippen molar-refractivity contribution >= 4 is 11.3 Å². The monoisotopic (exact) mass is 235 g/mol. The van der Waals surface area contributed by atoms with Gasteiger partial charge in [-0.15, -0.1) is 11.3 Å². The topological polar surface area (TPSA) is 54.8 Å². The van der Waals surface area contributed by atoms with E-state index in [1.165, 1.54) is 11.3 Å². The normalized spacial score (nSPS) is 9.44. The maximum atomic E-state index is 7.70. The highest BCUT2D eigenvalue weighted by atomic mass is 32.1. The average Bonchev–Trinajstić information content (AvgIpc) is 2.78. The summed E-state index contributed by atoms with van der Waals surface area (Å²) in [6, 6.07) is 7.88. The molecule has 0 fully saturated rings. The molecule has 16 heavy (non-hydrogen) atoms. The van der Waals surface area contributed by atoms with Crippen LogP contribution in [0.2, 0.25) is 0 Å². The van der Waals surface area contributed by atoms with Crippen LogP contribution >= 0.6 is 11.3 Å². The highest BCUT2D eigenvalue weighted by Crippen LogP contribution is 2.12. The summed E-state index contributed by atoms with van der Waals surface area (Å²) in [7, 11) is 0. The summed E-state index contributed by atoms with van der Waals surface area (Å²) in [5.74, 6) is 0. The van der Waals surface area contributed by atoms with Crippen LogP contribution in [0.15, 0.2) is 35.8 Å². The summed E-state index contributed by atoms with van der Waals surface area (Å²) in [5.41, 5.74) is 7.70. The van der Waals surface area contributed by atoms with Gasteiger partial charge in [0.15, 0.2) is 4.80 Å². The second kappa shape index (κ2) is 6.25. The number of nitrogens with zero attached hydrogens (tertiary/aromatic N) is 1. The van der Waals surface area contributed by atoms with E-state index in [0.29, 0.717) is 11.3 Å². The van der Waals surface area contributed by atoms with Gasteiger partial charge in [-0.2, -0.15) is 0 Å². The molecule has 1 aromatic heterocycles. The fraction of sp³-hybridized carbons (Fsp3) is 0.250. The molecular weight excluding hydrogens is 218 g/mol. The fourth-order valence-corrected chi connectivity index (χ4v) is 1.97. The summed E-state index contributed by atoms with van der Waals surface area (Å²) in [5, 5.41) is 9.60. The minimum absolute atomic E-state index is 0.498. The van der Waals surface area contributed by atoms with Crippen molar-refractivity contribution < 1.29 is 0 Å². The second-order valence-corrected chi connectivity index (χ2v) is 3.81. The number of aromatic nitrogens is 1. The van der Waals surface area contributed by atoms with Gasteiger partial charge in [0.05, 0.1) is 5.69 Å². The Labute approximate surface area is 99.7 Å². The van der Waals surface area contributed by atoms with Crippen LogP contribution in [0.5, 0.6) is 0 Å². The molecule has 0 saturated carbocycles. The first kappa shape index (κ1) is 12.7. The molecule has 0 spiro atoms. The highest BCUT2D eigenvalue weighted by Gasteiger charge is 2.02. The van der Waals surface area contributed by atoms with Crippen LogP contribution < -0.4 is 10.5 Å². The van der Waals surface area contributed by atoms with Crippen molar-refractivity contribution in [2.24, 2.45) is 5.73 Å². The Kier molecular flexibility index (Phi) is 4.95. The van der Waals surface area contributed by atoms with Crippen molar-refractivity contribution in [2.75, 3.05) is 0 Å². The van der Waals surface area contributed by atoms with Crippen LogP contribution in [-0.2, 0) is 6.54 Å². The van der Waals surface area contributed by atoms with Gasteiger partial charge in [-0.05, 0) is 11.6 Å². The molecule has 0 bridgehead atoms. The van der Waals surface area contributed by atoms with E-state index in [1.54, 1.807) is 0 Å². The van der Waals surface area contributed by atoms with Gasteiger partial charge in [-0.25, -0.2) is 0 Å². The first-order valence-electron chi connectivity index (χ1n) is 5.32. The van der Waals surface area contributed by atoms with Crippen molar-refractivity contribution in [1.29, 1.82) is 5.41 Å². The maximum absolute atomic E-state index is 7.70. The SMILES string of the molecule is CC.N=c1sccn1-c1ccccc1CN. The Morgan fingerprint density at radius 3 is 2.56 bits per heavy atom. The van der Waals surface area contributed by atoms with Gasteiger partial charge < -0.3 is 5.73 Å². The molecule has 0 aliphatic carbocycles. The first-order chi connectivity index (χ1) is 7.83. The van der Waals surface area contributed by atoms with E-state index in [4.69, 9.17) is 11.1 Å². The maximum Gasteiger partial charge on any atom is 0.186 e. The lowest BCUT2D eigenvalue weighted by atomic mass is 10.2. The van der Waals surface area contributed by atoms with E-state index in [1.807, 2.05) is 54.3 Å². The Balaban J connectivity index is 0.000000606. The summed E-state index contributed by atoms with van der Waals surface area (Å²) >= 11 is 1.41. The van der Waals surface area contributed by atoms with Crippen LogP contribution in [0.3, 0.4) is 0 Å². The van der Waals surface area contributed by atoms with Gasteiger partial charge in [0.2, 0.25) is 0 Å². The minimum atomic E-state index is 0.498. The number of benzene rings is 1. The van der Waals surface area contributed by atoms with Gasteiger partial charge in [-0.1, -0.05) is 32.0 Å². The summed E-state index contributed by atoms with van der Waals surface area (Å²) in [6.07, 6.45) is 1.89. The number of para-hydroxylation sites is 1. The van der Waals surface area contributed by atoms with Crippen molar-refractivity contribution in [3.8, 4) is 5.69 Å². The number of hydrogen-bond donors (Lipinski definition) is 2. The molecule has 4 heteroatoms. The molecule has 1 aromatic carbocycles. The largest absolute Gasteiger partial charge is 0.326 e. The third kappa shape index (κ3) is 2.59. The second-order valence-electron chi connectivity index (χ2n) is 2.91. The zero-order valence-electron chi connectivity index (χ0n) is 9.60. The number of nitrogens with two attached hydrogens (primary N) is 1. The molecule has 0 saturated heterocycles. The lowest BCUT2D eigenvalue weighted by Gasteiger charge is -2.07. The van der Waals surface area contributed by atoms with Crippen LogP contribution in [0, 0.1) is 5.41 Å². The first-order valence-corrected chi connectivity index (χ1v) is 6.20. The third-order valence-electron chi connectivity index (χ3n) is 2.08. The average molecular weight is 235 g/mol. The fourth-order valence-electron chi connectivity index (χ4n) is 1.39. The molecule has 0 aliphatic rings. The molecule has 3 nitrogen and oxygen atoms in total. The molecule has 2 rings (SSSR count). The molecular formula is C12H17N3S. The van der Waals surface area contributed by atoms with Gasteiger partial charge in [0.1, 0.15) is 0 Å². The molecule has 0 amide bonds. The van der Waals surface area contributed by atoms with E-state index in [2.05, 4.69) is 0 Å². The van der Waals surface area contributed by atoms with Crippen LogP contribution in [0.25, 0.3) is 5.69 Å². The number of hydrogen-bond acceptors (Lipinski definition) is 3. The molecule has 0 unspecified atom stereocenters. The minimum Gasteiger partial charge on any atom is -0.326 e. The van der Waals surface area contributed by atoms with E-state index in [9.17, 15) is 0 Å². The van der Waals surface area contributed by atoms with Crippen LogP contribution in [0.4, 0.5) is 0 Å². The summed E-state index contributed by atoms with van der Waals surface area (Å²) in [6.45, 7) is 4.50. The highest BCUT2D eigenvalue weighted by molar-refractivity contribution is 7.07. The number of thiazole rings is 1. The zero-order chi connectivity index (χ0) is 12.0. The van der Waals surface area contributed by atoms with Crippen molar-refractivity contribution in [3.05, 3.63) is 46.2 Å². The lowest BCUT2D eigenvalue weighted by molar-refractivity contribution is 0.939. The van der Waals surface area contributed by atoms with Crippen molar-refractivity contribution in [2.45, 2.75) is 20.4 Å². The van der Waals surface area contributed by atoms with E-state index in [0.717, 1.165) is 11.3 Å². The van der Waals surface area contributed by atoms with Crippen molar-refractivity contribution in [1.82, 2.24) is 4.57 Å². The van der Waals surface area contributed by atoms with Crippen LogP contribution in [0.1, 0.15) is 19.4 Å². The Morgan fingerprint density at radius 1 is 1.31 bits per heavy atom.